The van der Waals surface area contributed by atoms with E-state index in [0.717, 1.165) is 16.6 Å². The maximum absolute atomic E-state index is 13.0. The number of amidine groups is 1. The number of fused-ring (bicyclic) bond motifs is 2. The second-order valence-corrected chi connectivity index (χ2v) is 8.42. The standard InChI is InChI=1S/C19H16BrN5O3S/c1-2-8-29-19-22-18(26)16-14-10-12(20)6-7-15(14)21-17(24(16)23-19)11-4-3-5-13(9-11)25(27)28/h3-7,9-10,17H,2,8H2,1H3,(H,22,23,26)/t17-/m0/s1. The van der Waals surface area contributed by atoms with Gasteiger partial charge in [-0.05, 0) is 24.6 Å². The van der Waals surface area contributed by atoms with Gasteiger partial charge in [0.15, 0.2) is 11.3 Å². The molecule has 0 fully saturated rings. The number of nitro benzene ring substituents is 1. The van der Waals surface area contributed by atoms with Gasteiger partial charge in [-0.2, -0.15) is 0 Å². The Labute approximate surface area is 178 Å². The molecule has 0 saturated heterocycles. The molecule has 4 rings (SSSR count). The number of nitrogens with one attached hydrogen (secondary N) is 1. The normalized spacial score (nSPS) is 17.7. The average molecular weight is 474 g/mol. The second kappa shape index (κ2) is 7.96. The van der Waals surface area contributed by atoms with Crippen LogP contribution in [0, 0.1) is 10.1 Å². The molecule has 8 nitrogen and oxygen atoms in total. The number of amides is 1. The minimum atomic E-state index is -0.679. The number of thioether (sulfide) groups is 1. The number of hydrogen-bond acceptors (Lipinski definition) is 7. The maximum Gasteiger partial charge on any atom is 0.276 e. The number of carbonyl (C=O) groups excluding carboxylic acids is 1. The predicted octanol–water partition coefficient (Wildman–Crippen LogP) is 2.64. The first-order valence-electron chi connectivity index (χ1n) is 8.92. The molecule has 0 aromatic heterocycles. The van der Waals surface area contributed by atoms with E-state index < -0.39 is 11.1 Å². The molecule has 2 aliphatic heterocycles. The fourth-order valence-electron chi connectivity index (χ4n) is 3.13. The summed E-state index contributed by atoms with van der Waals surface area (Å²) in [6.45, 7) is 2.05. The lowest BCUT2D eigenvalue weighted by atomic mass is 10.1. The highest BCUT2D eigenvalue weighted by Gasteiger charge is 2.34. The molecule has 0 bridgehead atoms. The summed E-state index contributed by atoms with van der Waals surface area (Å²) >= 11 is 4.89. The van der Waals surface area contributed by atoms with E-state index in [-0.39, 0.29) is 11.6 Å². The highest BCUT2D eigenvalue weighted by Crippen LogP contribution is 2.32. The third-order valence-electron chi connectivity index (χ3n) is 4.39. The number of nitro groups is 1. The van der Waals surface area contributed by atoms with Crippen molar-refractivity contribution in [3.05, 3.63) is 73.2 Å². The topological polar surface area (TPSA) is 100 Å². The SMILES string of the molecule is CCCSC1=NN2C(=c3cc(Br)ccc3=N[C@@H]2c2cccc([N+](=O)[O-])c2)C(=O)N1. The Balaban J connectivity index is 1.92. The molecule has 2 aromatic rings. The maximum atomic E-state index is 13.0. The number of non-ortho nitro benzene ring substituents is 1. The van der Waals surface area contributed by atoms with Crippen LogP contribution in [0.3, 0.4) is 0 Å². The Bertz CT molecular complexity index is 1170. The predicted molar refractivity (Wildman–Crippen MR) is 114 cm³/mol. The lowest BCUT2D eigenvalue weighted by molar-refractivity contribution is -0.384. The van der Waals surface area contributed by atoms with Crippen molar-refractivity contribution < 1.29 is 9.72 Å². The zero-order chi connectivity index (χ0) is 20.5. The van der Waals surface area contributed by atoms with Crippen LogP contribution in [0.4, 0.5) is 5.69 Å². The molecule has 2 heterocycles. The summed E-state index contributed by atoms with van der Waals surface area (Å²) in [6, 6.07) is 11.7. The summed E-state index contributed by atoms with van der Waals surface area (Å²) in [6.07, 6.45) is 0.256. The van der Waals surface area contributed by atoms with Gasteiger partial charge in [-0.3, -0.25) is 25.2 Å². The lowest BCUT2D eigenvalue weighted by Crippen LogP contribution is -2.50. The fourth-order valence-corrected chi connectivity index (χ4v) is 4.20. The highest BCUT2D eigenvalue weighted by molar-refractivity contribution is 9.10. The zero-order valence-electron chi connectivity index (χ0n) is 15.3. The number of nitrogens with zero attached hydrogens (tertiary/aromatic N) is 4. The van der Waals surface area contributed by atoms with Gasteiger partial charge in [0.2, 0.25) is 0 Å². The Morgan fingerprint density at radius 1 is 1.31 bits per heavy atom. The molecular formula is C19H16BrN5O3S. The molecule has 0 saturated carbocycles. The number of carbonyl (C=O) groups is 1. The van der Waals surface area contributed by atoms with Gasteiger partial charge >= 0.3 is 0 Å². The summed E-state index contributed by atoms with van der Waals surface area (Å²) in [7, 11) is 0. The minimum Gasteiger partial charge on any atom is -0.298 e. The number of hydrogen-bond donors (Lipinski definition) is 1. The molecule has 0 unspecified atom stereocenters. The van der Waals surface area contributed by atoms with E-state index >= 15 is 0 Å². The zero-order valence-corrected chi connectivity index (χ0v) is 17.7. The van der Waals surface area contributed by atoms with Crippen molar-refractivity contribution in [1.29, 1.82) is 0 Å². The van der Waals surface area contributed by atoms with E-state index in [1.54, 1.807) is 17.1 Å². The van der Waals surface area contributed by atoms with Crippen LogP contribution in [0.2, 0.25) is 0 Å². The van der Waals surface area contributed by atoms with Crippen molar-refractivity contribution in [3.8, 4) is 0 Å². The average Bonchev–Trinajstić information content (AvgIpc) is 2.71. The number of benzene rings is 2. The monoisotopic (exact) mass is 473 g/mol. The number of hydrazone groups is 1. The van der Waals surface area contributed by atoms with E-state index in [1.165, 1.54) is 23.9 Å². The van der Waals surface area contributed by atoms with Gasteiger partial charge in [-0.25, -0.2) is 5.01 Å². The van der Waals surface area contributed by atoms with Crippen molar-refractivity contribution >= 4 is 50.2 Å². The summed E-state index contributed by atoms with van der Waals surface area (Å²) in [4.78, 5) is 28.5. The Hall–Kier alpha value is -2.72. The quantitative estimate of drug-likeness (QED) is 0.543. The van der Waals surface area contributed by atoms with Crippen molar-refractivity contribution in [2.75, 3.05) is 5.75 Å². The third kappa shape index (κ3) is 3.77. The fraction of sp³-hybridized carbons (Fsp3) is 0.211. The van der Waals surface area contributed by atoms with Gasteiger partial charge in [0.25, 0.3) is 11.6 Å². The van der Waals surface area contributed by atoms with Crippen molar-refractivity contribution in [3.63, 3.8) is 0 Å². The van der Waals surface area contributed by atoms with Gasteiger partial charge < -0.3 is 0 Å². The number of rotatable bonds is 4. The summed E-state index contributed by atoms with van der Waals surface area (Å²) < 4.78 is 0.815. The molecule has 0 aliphatic carbocycles. The van der Waals surface area contributed by atoms with E-state index in [1.807, 2.05) is 25.1 Å². The van der Waals surface area contributed by atoms with Crippen molar-refractivity contribution in [1.82, 2.24) is 10.3 Å². The summed E-state index contributed by atoms with van der Waals surface area (Å²) in [5.41, 5.74) is 0.920. The van der Waals surface area contributed by atoms with Crippen LogP contribution in [0.15, 0.2) is 57.0 Å². The van der Waals surface area contributed by atoms with Gasteiger partial charge in [0, 0.05) is 33.1 Å². The molecule has 0 radical (unpaired) electrons. The molecule has 2 aliphatic rings. The summed E-state index contributed by atoms with van der Waals surface area (Å²) in [5, 5.41) is 22.0. The third-order valence-corrected chi connectivity index (χ3v) is 5.95. The smallest absolute Gasteiger partial charge is 0.276 e. The van der Waals surface area contributed by atoms with Crippen LogP contribution in [0.5, 0.6) is 0 Å². The van der Waals surface area contributed by atoms with Crippen LogP contribution < -0.4 is 15.9 Å². The van der Waals surface area contributed by atoms with Crippen LogP contribution in [0.1, 0.15) is 25.1 Å². The number of halogens is 1. The molecular weight excluding hydrogens is 458 g/mol. The van der Waals surface area contributed by atoms with Crippen molar-refractivity contribution in [2.45, 2.75) is 19.5 Å². The Kier molecular flexibility index (Phi) is 5.37. The lowest BCUT2D eigenvalue weighted by Gasteiger charge is -2.34. The van der Waals surface area contributed by atoms with Crippen molar-refractivity contribution in [2.24, 2.45) is 10.1 Å². The molecule has 10 heteroatoms. The Morgan fingerprint density at radius 2 is 2.14 bits per heavy atom. The van der Waals surface area contributed by atoms with Crippen LogP contribution in [-0.4, -0.2) is 26.8 Å². The first kappa shape index (κ1) is 19.6. The molecule has 148 valence electrons. The minimum absolute atomic E-state index is 0.0353. The van der Waals surface area contributed by atoms with Gasteiger partial charge in [0.1, 0.15) is 5.70 Å². The van der Waals surface area contributed by atoms with Gasteiger partial charge in [-0.15, -0.1) is 5.10 Å². The second-order valence-electron chi connectivity index (χ2n) is 6.42. The molecule has 2 aromatic carbocycles. The highest BCUT2D eigenvalue weighted by atomic mass is 79.9. The van der Waals surface area contributed by atoms with Gasteiger partial charge in [0.05, 0.1) is 10.3 Å². The Morgan fingerprint density at radius 3 is 2.90 bits per heavy atom. The summed E-state index contributed by atoms with van der Waals surface area (Å²) in [5.74, 6) is 0.534. The van der Waals surface area contributed by atoms with E-state index in [9.17, 15) is 14.9 Å². The van der Waals surface area contributed by atoms with E-state index in [0.29, 0.717) is 27.0 Å². The molecule has 1 N–H and O–H groups in total. The molecule has 1 amide bonds. The van der Waals surface area contributed by atoms with Crippen LogP contribution in [-0.2, 0) is 4.79 Å². The van der Waals surface area contributed by atoms with Gasteiger partial charge in [-0.1, -0.05) is 46.7 Å². The molecule has 1 atom stereocenters. The molecule has 29 heavy (non-hydrogen) atoms. The first-order chi connectivity index (χ1) is 14.0. The molecule has 0 spiro atoms. The first-order valence-corrected chi connectivity index (χ1v) is 10.7. The van der Waals surface area contributed by atoms with Crippen LogP contribution >= 0.6 is 27.7 Å². The van der Waals surface area contributed by atoms with E-state index in [2.05, 4.69) is 26.3 Å². The van der Waals surface area contributed by atoms with Crippen LogP contribution in [0.25, 0.3) is 5.70 Å². The largest absolute Gasteiger partial charge is 0.298 e. The van der Waals surface area contributed by atoms with E-state index in [4.69, 9.17) is 4.99 Å².